The summed E-state index contributed by atoms with van der Waals surface area (Å²) in [7, 11) is 1.55. The third kappa shape index (κ3) is 3.64. The lowest BCUT2D eigenvalue weighted by molar-refractivity contribution is 0.414. The molecule has 22 heavy (non-hydrogen) atoms. The molecule has 0 fully saturated rings. The SMILES string of the molecule is CCNC(C)(C)c1ccc(Nc2cc(Cl)nn(C)c2=O)nc1. The highest BCUT2D eigenvalue weighted by atomic mass is 35.5. The van der Waals surface area contributed by atoms with Crippen LogP contribution in [0.3, 0.4) is 0 Å². The Balaban J connectivity index is 2.24. The maximum absolute atomic E-state index is 12.0. The zero-order chi connectivity index (χ0) is 16.3. The van der Waals surface area contributed by atoms with E-state index in [0.29, 0.717) is 11.5 Å². The molecule has 6 nitrogen and oxygen atoms in total. The van der Waals surface area contributed by atoms with E-state index in [1.54, 1.807) is 13.2 Å². The molecule has 0 aliphatic heterocycles. The number of hydrogen-bond acceptors (Lipinski definition) is 5. The largest absolute Gasteiger partial charge is 0.336 e. The van der Waals surface area contributed by atoms with Crippen LogP contribution in [0.25, 0.3) is 0 Å². The van der Waals surface area contributed by atoms with E-state index in [2.05, 4.69) is 41.5 Å². The fraction of sp³-hybridized carbons (Fsp3) is 0.400. The van der Waals surface area contributed by atoms with E-state index in [0.717, 1.165) is 12.1 Å². The van der Waals surface area contributed by atoms with E-state index >= 15 is 0 Å². The van der Waals surface area contributed by atoms with Gasteiger partial charge in [-0.05, 0) is 32.0 Å². The van der Waals surface area contributed by atoms with Crippen molar-refractivity contribution in [3.63, 3.8) is 0 Å². The van der Waals surface area contributed by atoms with Crippen molar-refractivity contribution in [2.45, 2.75) is 26.3 Å². The zero-order valence-electron chi connectivity index (χ0n) is 13.1. The van der Waals surface area contributed by atoms with Crippen molar-refractivity contribution >= 4 is 23.1 Å². The molecule has 2 N–H and O–H groups in total. The predicted octanol–water partition coefficient (Wildman–Crippen LogP) is 2.42. The molecule has 0 saturated heterocycles. The Kier molecular flexibility index (Phi) is 4.83. The second-order valence-electron chi connectivity index (χ2n) is 5.52. The minimum atomic E-state index is -0.261. The van der Waals surface area contributed by atoms with Gasteiger partial charge in [0.05, 0.1) is 0 Å². The molecule has 0 aromatic carbocycles. The molecule has 0 atom stereocenters. The van der Waals surface area contributed by atoms with Crippen LogP contribution < -0.4 is 16.2 Å². The summed E-state index contributed by atoms with van der Waals surface area (Å²) in [4.78, 5) is 16.3. The van der Waals surface area contributed by atoms with Crippen LogP contribution >= 0.6 is 11.6 Å². The van der Waals surface area contributed by atoms with E-state index in [1.165, 1.54) is 10.7 Å². The van der Waals surface area contributed by atoms with Gasteiger partial charge in [0.2, 0.25) is 0 Å². The van der Waals surface area contributed by atoms with Gasteiger partial charge in [0.25, 0.3) is 5.56 Å². The van der Waals surface area contributed by atoms with E-state index in [4.69, 9.17) is 11.6 Å². The number of rotatable bonds is 5. The topological polar surface area (TPSA) is 71.8 Å². The fourth-order valence-electron chi connectivity index (χ4n) is 2.18. The Labute approximate surface area is 134 Å². The Morgan fingerprint density at radius 2 is 2.09 bits per heavy atom. The lowest BCUT2D eigenvalue weighted by Gasteiger charge is -2.26. The average Bonchev–Trinajstić information content (AvgIpc) is 2.45. The summed E-state index contributed by atoms with van der Waals surface area (Å²) < 4.78 is 1.19. The van der Waals surface area contributed by atoms with Crippen molar-refractivity contribution < 1.29 is 0 Å². The van der Waals surface area contributed by atoms with E-state index in [-0.39, 0.29) is 16.3 Å². The molecule has 0 saturated carbocycles. The maximum atomic E-state index is 12.0. The average molecular weight is 322 g/mol. The maximum Gasteiger partial charge on any atom is 0.290 e. The van der Waals surface area contributed by atoms with Crippen LogP contribution in [0.5, 0.6) is 0 Å². The highest BCUT2D eigenvalue weighted by Crippen LogP contribution is 2.21. The van der Waals surface area contributed by atoms with Gasteiger partial charge in [0, 0.05) is 24.8 Å². The predicted molar refractivity (Wildman–Crippen MR) is 88.7 cm³/mol. The number of aryl methyl sites for hydroxylation is 1. The molecular weight excluding hydrogens is 302 g/mol. The number of nitrogens with one attached hydrogen (secondary N) is 2. The van der Waals surface area contributed by atoms with Crippen molar-refractivity contribution in [3.8, 4) is 0 Å². The molecule has 0 aliphatic rings. The molecule has 2 aromatic heterocycles. The number of anilines is 2. The molecule has 2 heterocycles. The first-order valence-corrected chi connectivity index (χ1v) is 7.43. The van der Waals surface area contributed by atoms with Crippen molar-refractivity contribution in [1.82, 2.24) is 20.1 Å². The molecule has 7 heteroatoms. The van der Waals surface area contributed by atoms with Gasteiger partial charge in [-0.1, -0.05) is 24.6 Å². The molecule has 118 valence electrons. The van der Waals surface area contributed by atoms with Crippen LogP contribution in [0.15, 0.2) is 29.2 Å². The van der Waals surface area contributed by atoms with Crippen LogP contribution in [0.4, 0.5) is 11.5 Å². The van der Waals surface area contributed by atoms with E-state index in [9.17, 15) is 4.79 Å². The van der Waals surface area contributed by atoms with Gasteiger partial charge in [-0.3, -0.25) is 4.79 Å². The van der Waals surface area contributed by atoms with Gasteiger partial charge in [0.15, 0.2) is 5.15 Å². The summed E-state index contributed by atoms with van der Waals surface area (Å²) in [5.74, 6) is 0.579. The first kappa shape index (κ1) is 16.5. The molecule has 0 unspecified atom stereocenters. The van der Waals surface area contributed by atoms with Gasteiger partial charge < -0.3 is 10.6 Å². The number of nitrogens with zero attached hydrogens (tertiary/aromatic N) is 3. The molecule has 0 radical (unpaired) electrons. The van der Waals surface area contributed by atoms with Gasteiger partial charge in [-0.2, -0.15) is 5.10 Å². The minimum absolute atomic E-state index is 0.156. The molecule has 0 spiro atoms. The second-order valence-corrected chi connectivity index (χ2v) is 5.91. The molecule has 0 bridgehead atoms. The summed E-state index contributed by atoms with van der Waals surface area (Å²) in [6.45, 7) is 7.13. The zero-order valence-corrected chi connectivity index (χ0v) is 13.9. The summed E-state index contributed by atoms with van der Waals surface area (Å²) in [5, 5.41) is 10.5. The van der Waals surface area contributed by atoms with Crippen molar-refractivity contribution in [2.24, 2.45) is 7.05 Å². The van der Waals surface area contributed by atoms with Gasteiger partial charge in [0.1, 0.15) is 11.5 Å². The first-order valence-electron chi connectivity index (χ1n) is 7.06. The number of aromatic nitrogens is 3. The Morgan fingerprint density at radius 1 is 1.36 bits per heavy atom. The summed E-state index contributed by atoms with van der Waals surface area (Å²) >= 11 is 5.87. The Hall–Kier alpha value is -1.92. The lowest BCUT2D eigenvalue weighted by Crippen LogP contribution is -2.36. The van der Waals surface area contributed by atoms with Crippen LogP contribution in [0.2, 0.25) is 5.15 Å². The lowest BCUT2D eigenvalue weighted by atomic mass is 9.96. The first-order chi connectivity index (χ1) is 10.3. The Morgan fingerprint density at radius 3 is 2.68 bits per heavy atom. The van der Waals surface area contributed by atoms with Crippen molar-refractivity contribution in [1.29, 1.82) is 0 Å². The minimum Gasteiger partial charge on any atom is -0.336 e. The molecular formula is C15H20ClN5O. The molecule has 2 aromatic rings. The van der Waals surface area contributed by atoms with Crippen molar-refractivity contribution in [3.05, 3.63) is 45.5 Å². The number of hydrogen-bond donors (Lipinski definition) is 2. The van der Waals surface area contributed by atoms with Gasteiger partial charge in [-0.25, -0.2) is 9.67 Å². The third-order valence-electron chi connectivity index (χ3n) is 3.40. The molecule has 0 aliphatic carbocycles. The fourth-order valence-corrected chi connectivity index (χ4v) is 2.40. The smallest absolute Gasteiger partial charge is 0.290 e. The van der Waals surface area contributed by atoms with Gasteiger partial charge >= 0.3 is 0 Å². The van der Waals surface area contributed by atoms with Gasteiger partial charge in [-0.15, -0.1) is 0 Å². The normalized spacial score (nSPS) is 11.5. The van der Waals surface area contributed by atoms with Crippen molar-refractivity contribution in [2.75, 3.05) is 11.9 Å². The monoisotopic (exact) mass is 321 g/mol. The number of halogens is 1. The summed E-state index contributed by atoms with van der Waals surface area (Å²) in [5.41, 5.74) is 0.994. The summed E-state index contributed by atoms with van der Waals surface area (Å²) in [6, 6.07) is 5.30. The summed E-state index contributed by atoms with van der Waals surface area (Å²) in [6.07, 6.45) is 1.79. The van der Waals surface area contributed by atoms with Crippen LogP contribution in [0.1, 0.15) is 26.3 Å². The third-order valence-corrected chi connectivity index (χ3v) is 3.58. The standard InChI is InChI=1S/C15H20ClN5O/c1-5-18-15(2,3)10-6-7-13(17-9-10)19-11-8-12(16)20-21(4)14(11)22/h6-9,18H,5H2,1-4H3,(H,17,19). The molecule has 0 amide bonds. The second kappa shape index (κ2) is 6.46. The van der Waals surface area contributed by atoms with E-state index < -0.39 is 0 Å². The Bertz CT molecular complexity index is 709. The molecule has 2 rings (SSSR count). The number of pyridine rings is 1. The highest BCUT2D eigenvalue weighted by molar-refractivity contribution is 6.29. The van der Waals surface area contributed by atoms with E-state index in [1.807, 2.05) is 12.1 Å². The van der Waals surface area contributed by atoms with Crippen LogP contribution in [-0.2, 0) is 12.6 Å². The van der Waals surface area contributed by atoms with Crippen LogP contribution in [-0.4, -0.2) is 21.3 Å². The quantitative estimate of drug-likeness (QED) is 0.885. The highest BCUT2D eigenvalue weighted by Gasteiger charge is 2.19. The van der Waals surface area contributed by atoms with Crippen LogP contribution in [0, 0.1) is 0 Å².